The normalized spacial score (nSPS) is 10.8. The minimum absolute atomic E-state index is 0.159. The number of amides is 1. The molecule has 0 aromatic carbocycles. The van der Waals surface area contributed by atoms with Crippen molar-refractivity contribution < 1.29 is 4.79 Å². The smallest absolute Gasteiger partial charge is 0.273 e. The maximum atomic E-state index is 12.3. The summed E-state index contributed by atoms with van der Waals surface area (Å²) in [5.41, 5.74) is 2.44. The van der Waals surface area contributed by atoms with Crippen LogP contribution in [0.4, 0.5) is 0 Å². The third kappa shape index (κ3) is 2.49. The first-order valence-electron chi connectivity index (χ1n) is 5.82. The second-order valence-electron chi connectivity index (χ2n) is 4.50. The third-order valence-corrected chi connectivity index (χ3v) is 3.46. The summed E-state index contributed by atoms with van der Waals surface area (Å²) in [6.45, 7) is 2.46. The topological polar surface area (TPSA) is 56.0 Å². The molecule has 0 saturated heterocycles. The van der Waals surface area contributed by atoms with Gasteiger partial charge in [-0.05, 0) is 6.92 Å². The van der Waals surface area contributed by atoms with Crippen molar-refractivity contribution in [1.82, 2.24) is 24.5 Å². The van der Waals surface area contributed by atoms with Crippen molar-refractivity contribution in [3.8, 4) is 0 Å². The number of hydrogen-bond donors (Lipinski definition) is 0. The van der Waals surface area contributed by atoms with Gasteiger partial charge in [-0.3, -0.25) is 14.2 Å². The van der Waals surface area contributed by atoms with Crippen LogP contribution in [0.25, 0.3) is 0 Å². The number of aryl methyl sites for hydroxylation is 2. The first-order chi connectivity index (χ1) is 8.91. The van der Waals surface area contributed by atoms with Crippen LogP contribution in [0.3, 0.4) is 0 Å². The van der Waals surface area contributed by atoms with Crippen LogP contribution in [0, 0.1) is 6.92 Å². The van der Waals surface area contributed by atoms with Crippen LogP contribution in [0.1, 0.15) is 21.7 Å². The lowest BCUT2D eigenvalue weighted by Gasteiger charge is -2.17. The van der Waals surface area contributed by atoms with Crippen molar-refractivity contribution in [2.75, 3.05) is 7.05 Å². The molecule has 0 spiro atoms. The van der Waals surface area contributed by atoms with Crippen LogP contribution in [-0.4, -0.2) is 37.4 Å². The highest BCUT2D eigenvalue weighted by atomic mass is 35.5. The molecule has 0 atom stereocenters. The predicted octanol–water partition coefficient (Wildman–Crippen LogP) is 1.39. The number of aromatic nitrogens is 4. The Bertz CT molecular complexity index is 596. The van der Waals surface area contributed by atoms with Crippen LogP contribution in [0.15, 0.2) is 12.4 Å². The average Bonchev–Trinajstić information content (AvgIpc) is 2.85. The second-order valence-corrected chi connectivity index (χ2v) is 4.91. The minimum Gasteiger partial charge on any atom is -0.336 e. The molecule has 102 valence electrons. The van der Waals surface area contributed by atoms with E-state index >= 15 is 0 Å². The fraction of sp³-hybridized carbons (Fsp3) is 0.417. The highest BCUT2D eigenvalue weighted by Gasteiger charge is 2.20. The molecule has 2 aromatic rings. The molecule has 2 aromatic heterocycles. The number of hydrogen-bond acceptors (Lipinski definition) is 3. The molecule has 2 rings (SSSR count). The number of halogens is 1. The monoisotopic (exact) mass is 281 g/mol. The maximum Gasteiger partial charge on any atom is 0.273 e. The zero-order chi connectivity index (χ0) is 14.2. The molecular formula is C12H16ClN5O. The largest absolute Gasteiger partial charge is 0.336 e. The Morgan fingerprint density at radius 2 is 1.95 bits per heavy atom. The molecule has 0 aliphatic carbocycles. The Kier molecular flexibility index (Phi) is 3.61. The number of rotatable bonds is 3. The van der Waals surface area contributed by atoms with Gasteiger partial charge in [-0.15, -0.1) is 0 Å². The SMILES string of the molecule is Cc1c(CN(C)C(=O)c2c(Cl)cnn2C)cnn1C. The van der Waals surface area contributed by atoms with Gasteiger partial charge < -0.3 is 4.90 Å². The van der Waals surface area contributed by atoms with Crippen molar-refractivity contribution in [1.29, 1.82) is 0 Å². The van der Waals surface area contributed by atoms with E-state index in [9.17, 15) is 4.79 Å². The maximum absolute atomic E-state index is 12.3. The van der Waals surface area contributed by atoms with Gasteiger partial charge in [0.15, 0.2) is 0 Å². The van der Waals surface area contributed by atoms with Gasteiger partial charge >= 0.3 is 0 Å². The molecular weight excluding hydrogens is 266 g/mol. The summed E-state index contributed by atoms with van der Waals surface area (Å²) in [4.78, 5) is 13.9. The zero-order valence-electron chi connectivity index (χ0n) is 11.4. The molecule has 0 N–H and O–H groups in total. The molecule has 19 heavy (non-hydrogen) atoms. The van der Waals surface area contributed by atoms with E-state index in [0.29, 0.717) is 17.3 Å². The second kappa shape index (κ2) is 5.05. The summed E-state index contributed by atoms with van der Waals surface area (Å²) < 4.78 is 3.27. The average molecular weight is 282 g/mol. The van der Waals surface area contributed by atoms with E-state index in [1.807, 2.05) is 14.0 Å². The fourth-order valence-electron chi connectivity index (χ4n) is 1.86. The molecule has 2 heterocycles. The highest BCUT2D eigenvalue weighted by Crippen LogP contribution is 2.17. The predicted molar refractivity (Wildman–Crippen MR) is 72.0 cm³/mol. The van der Waals surface area contributed by atoms with Gasteiger partial charge in [0.1, 0.15) is 5.69 Å². The van der Waals surface area contributed by atoms with Crippen molar-refractivity contribution in [2.45, 2.75) is 13.5 Å². The Labute approximate surface area is 116 Å². The molecule has 1 amide bonds. The Hall–Kier alpha value is -1.82. The fourth-order valence-corrected chi connectivity index (χ4v) is 2.11. The van der Waals surface area contributed by atoms with Crippen molar-refractivity contribution in [3.05, 3.63) is 34.4 Å². The molecule has 0 saturated carbocycles. The number of carbonyl (C=O) groups is 1. The van der Waals surface area contributed by atoms with E-state index in [0.717, 1.165) is 11.3 Å². The lowest BCUT2D eigenvalue weighted by Crippen LogP contribution is -2.28. The first kappa shape index (κ1) is 13.6. The third-order valence-electron chi connectivity index (χ3n) is 3.19. The van der Waals surface area contributed by atoms with Gasteiger partial charge in [-0.25, -0.2) is 0 Å². The summed E-state index contributed by atoms with van der Waals surface area (Å²) in [5.74, 6) is -0.159. The summed E-state index contributed by atoms with van der Waals surface area (Å²) in [6, 6.07) is 0. The standard InChI is InChI=1S/C12H16ClN5O/c1-8-9(5-14-17(8)3)7-16(2)12(19)11-10(13)6-15-18(11)4/h5-6H,7H2,1-4H3. The molecule has 0 aliphatic rings. The number of nitrogens with zero attached hydrogens (tertiary/aromatic N) is 5. The molecule has 0 fully saturated rings. The summed E-state index contributed by atoms with van der Waals surface area (Å²) in [7, 11) is 5.30. The Morgan fingerprint density at radius 1 is 1.32 bits per heavy atom. The van der Waals surface area contributed by atoms with Crippen molar-refractivity contribution in [3.63, 3.8) is 0 Å². The number of carbonyl (C=O) groups excluding carboxylic acids is 1. The van der Waals surface area contributed by atoms with Crippen LogP contribution in [0.5, 0.6) is 0 Å². The van der Waals surface area contributed by atoms with Gasteiger partial charge in [0, 0.05) is 38.9 Å². The lowest BCUT2D eigenvalue weighted by atomic mass is 10.2. The molecule has 6 nitrogen and oxygen atoms in total. The van der Waals surface area contributed by atoms with Gasteiger partial charge in [-0.1, -0.05) is 11.6 Å². The van der Waals surface area contributed by atoms with E-state index in [4.69, 9.17) is 11.6 Å². The van der Waals surface area contributed by atoms with Crippen LogP contribution < -0.4 is 0 Å². The molecule has 0 radical (unpaired) electrons. The van der Waals surface area contributed by atoms with E-state index in [-0.39, 0.29) is 5.91 Å². The van der Waals surface area contributed by atoms with Crippen molar-refractivity contribution >= 4 is 17.5 Å². The lowest BCUT2D eigenvalue weighted by molar-refractivity contribution is 0.0774. The van der Waals surface area contributed by atoms with Crippen molar-refractivity contribution in [2.24, 2.45) is 14.1 Å². The van der Waals surface area contributed by atoms with Crippen LogP contribution >= 0.6 is 11.6 Å². The highest BCUT2D eigenvalue weighted by molar-refractivity contribution is 6.33. The minimum atomic E-state index is -0.159. The summed E-state index contributed by atoms with van der Waals surface area (Å²) in [6.07, 6.45) is 3.24. The van der Waals surface area contributed by atoms with Crippen LogP contribution in [0.2, 0.25) is 5.02 Å². The zero-order valence-corrected chi connectivity index (χ0v) is 12.1. The van der Waals surface area contributed by atoms with Gasteiger partial charge in [0.05, 0.1) is 17.4 Å². The van der Waals surface area contributed by atoms with E-state index in [1.165, 1.54) is 10.9 Å². The summed E-state index contributed by atoms with van der Waals surface area (Å²) in [5, 5.41) is 8.49. The molecule has 7 heteroatoms. The Morgan fingerprint density at radius 3 is 2.42 bits per heavy atom. The van der Waals surface area contributed by atoms with Gasteiger partial charge in [-0.2, -0.15) is 10.2 Å². The van der Waals surface area contributed by atoms with E-state index in [2.05, 4.69) is 10.2 Å². The van der Waals surface area contributed by atoms with E-state index in [1.54, 1.807) is 29.9 Å². The quantitative estimate of drug-likeness (QED) is 0.854. The molecule has 0 unspecified atom stereocenters. The van der Waals surface area contributed by atoms with Gasteiger partial charge in [0.25, 0.3) is 5.91 Å². The van der Waals surface area contributed by atoms with E-state index < -0.39 is 0 Å². The van der Waals surface area contributed by atoms with Gasteiger partial charge in [0.2, 0.25) is 0 Å². The molecule has 0 aliphatic heterocycles. The summed E-state index contributed by atoms with van der Waals surface area (Å²) >= 11 is 5.98. The Balaban J connectivity index is 2.19. The molecule has 0 bridgehead atoms. The first-order valence-corrected chi connectivity index (χ1v) is 6.20. The van der Waals surface area contributed by atoms with Crippen LogP contribution in [-0.2, 0) is 20.6 Å².